The van der Waals surface area contributed by atoms with Crippen molar-refractivity contribution in [2.24, 2.45) is 5.92 Å². The van der Waals surface area contributed by atoms with Crippen LogP contribution in [-0.4, -0.2) is 45.3 Å². The fourth-order valence-corrected chi connectivity index (χ4v) is 2.90. The Balaban J connectivity index is 1.87. The summed E-state index contributed by atoms with van der Waals surface area (Å²) in [5, 5.41) is 0. The van der Waals surface area contributed by atoms with E-state index >= 15 is 0 Å². The molecule has 1 fully saturated rings. The minimum absolute atomic E-state index is 0.0988. The van der Waals surface area contributed by atoms with E-state index in [9.17, 15) is 4.79 Å². The molecule has 0 aromatic heterocycles. The van der Waals surface area contributed by atoms with Crippen LogP contribution >= 0.6 is 0 Å². The highest BCUT2D eigenvalue weighted by atomic mass is 16.5. The molecule has 1 aromatic rings. The predicted octanol–water partition coefficient (Wildman–Crippen LogP) is 2.48. The second-order valence-electron chi connectivity index (χ2n) is 5.69. The Morgan fingerprint density at radius 3 is 2.41 bits per heavy atom. The number of carbonyl (C=O) groups is 1. The highest BCUT2D eigenvalue weighted by molar-refractivity contribution is 5.69. The van der Waals surface area contributed by atoms with Crippen LogP contribution in [0.4, 0.5) is 0 Å². The lowest BCUT2D eigenvalue weighted by atomic mass is 9.93. The Bertz CT molecular complexity index is 495. The van der Waals surface area contributed by atoms with Gasteiger partial charge in [-0.1, -0.05) is 6.07 Å². The first kappa shape index (κ1) is 16.6. The van der Waals surface area contributed by atoms with Gasteiger partial charge in [0.1, 0.15) is 0 Å². The summed E-state index contributed by atoms with van der Waals surface area (Å²) in [4.78, 5) is 13.7. The van der Waals surface area contributed by atoms with E-state index in [2.05, 4.69) is 11.0 Å². The summed E-state index contributed by atoms with van der Waals surface area (Å²) in [5.74, 6) is 1.87. The molecule has 22 heavy (non-hydrogen) atoms. The van der Waals surface area contributed by atoms with Gasteiger partial charge in [0, 0.05) is 13.0 Å². The van der Waals surface area contributed by atoms with Crippen molar-refractivity contribution in [3.05, 3.63) is 23.8 Å². The smallest absolute Gasteiger partial charge is 0.305 e. The van der Waals surface area contributed by atoms with Gasteiger partial charge in [-0.3, -0.25) is 9.69 Å². The summed E-state index contributed by atoms with van der Waals surface area (Å²) in [5.41, 5.74) is 1.21. The van der Waals surface area contributed by atoms with Crippen molar-refractivity contribution in [1.82, 2.24) is 4.90 Å². The Morgan fingerprint density at radius 2 is 1.82 bits per heavy atom. The fourth-order valence-electron chi connectivity index (χ4n) is 2.90. The minimum Gasteiger partial charge on any atom is -0.493 e. The number of rotatable bonds is 6. The number of hydrogen-bond acceptors (Lipinski definition) is 5. The van der Waals surface area contributed by atoms with E-state index in [1.54, 1.807) is 14.2 Å². The standard InChI is InChI=1S/C17H25NO4/c1-20-15-5-4-14(10-16(15)21-2)12-18-8-6-13(7-9-18)11-17(19)22-3/h4-5,10,13H,6-9,11-12H2,1-3H3. The number of methoxy groups -OCH3 is 3. The number of likely N-dealkylation sites (tertiary alicyclic amines) is 1. The summed E-state index contributed by atoms with van der Waals surface area (Å²) in [6.07, 6.45) is 2.63. The lowest BCUT2D eigenvalue weighted by Crippen LogP contribution is -2.34. The van der Waals surface area contributed by atoms with Crippen molar-refractivity contribution < 1.29 is 19.0 Å². The second kappa shape index (κ2) is 8.03. The van der Waals surface area contributed by atoms with Gasteiger partial charge in [-0.15, -0.1) is 0 Å². The molecule has 0 amide bonds. The van der Waals surface area contributed by atoms with Gasteiger partial charge < -0.3 is 14.2 Å². The molecule has 5 heteroatoms. The highest BCUT2D eigenvalue weighted by Gasteiger charge is 2.22. The molecular formula is C17H25NO4. The van der Waals surface area contributed by atoms with Gasteiger partial charge in [0.25, 0.3) is 0 Å². The normalized spacial score (nSPS) is 16.3. The van der Waals surface area contributed by atoms with E-state index in [4.69, 9.17) is 14.2 Å². The lowest BCUT2D eigenvalue weighted by molar-refractivity contribution is -0.142. The van der Waals surface area contributed by atoms with Crippen LogP contribution in [0.25, 0.3) is 0 Å². The van der Waals surface area contributed by atoms with Gasteiger partial charge in [-0.25, -0.2) is 0 Å². The van der Waals surface area contributed by atoms with Crippen molar-refractivity contribution in [2.45, 2.75) is 25.8 Å². The Kier molecular flexibility index (Phi) is 6.07. The van der Waals surface area contributed by atoms with Gasteiger partial charge >= 0.3 is 5.97 Å². The molecule has 0 bridgehead atoms. The van der Waals surface area contributed by atoms with Crippen molar-refractivity contribution in [3.8, 4) is 11.5 Å². The van der Waals surface area contributed by atoms with Crippen LogP contribution in [-0.2, 0) is 16.1 Å². The molecule has 1 saturated heterocycles. The fraction of sp³-hybridized carbons (Fsp3) is 0.588. The maximum absolute atomic E-state index is 11.3. The SMILES string of the molecule is COC(=O)CC1CCN(Cc2ccc(OC)c(OC)c2)CC1. The van der Waals surface area contributed by atoms with Crippen LogP contribution in [0.15, 0.2) is 18.2 Å². The first-order chi connectivity index (χ1) is 10.7. The van der Waals surface area contributed by atoms with E-state index < -0.39 is 0 Å². The first-order valence-electron chi connectivity index (χ1n) is 7.66. The Morgan fingerprint density at radius 1 is 1.14 bits per heavy atom. The van der Waals surface area contributed by atoms with Crippen molar-refractivity contribution in [1.29, 1.82) is 0 Å². The monoisotopic (exact) mass is 307 g/mol. The number of hydrogen-bond donors (Lipinski definition) is 0. The molecule has 0 atom stereocenters. The summed E-state index contributed by atoms with van der Waals surface area (Å²) >= 11 is 0. The third-order valence-electron chi connectivity index (χ3n) is 4.24. The molecule has 1 heterocycles. The predicted molar refractivity (Wildman–Crippen MR) is 84.2 cm³/mol. The van der Waals surface area contributed by atoms with E-state index in [1.165, 1.54) is 12.7 Å². The van der Waals surface area contributed by atoms with Crippen LogP contribution in [0.3, 0.4) is 0 Å². The third-order valence-corrected chi connectivity index (χ3v) is 4.24. The van der Waals surface area contributed by atoms with Crippen molar-refractivity contribution in [2.75, 3.05) is 34.4 Å². The average molecular weight is 307 g/mol. The van der Waals surface area contributed by atoms with E-state index in [1.807, 2.05) is 12.1 Å². The molecule has 0 radical (unpaired) electrons. The maximum Gasteiger partial charge on any atom is 0.305 e. The topological polar surface area (TPSA) is 48.0 Å². The first-order valence-corrected chi connectivity index (χ1v) is 7.66. The number of piperidine rings is 1. The largest absolute Gasteiger partial charge is 0.493 e. The Labute approximate surface area is 132 Å². The average Bonchev–Trinajstić information content (AvgIpc) is 2.56. The van der Waals surface area contributed by atoms with Crippen molar-refractivity contribution >= 4 is 5.97 Å². The molecular weight excluding hydrogens is 282 g/mol. The van der Waals surface area contributed by atoms with E-state index in [0.717, 1.165) is 44.0 Å². The molecule has 5 nitrogen and oxygen atoms in total. The number of ether oxygens (including phenoxy) is 3. The van der Waals surface area contributed by atoms with Gasteiger partial charge in [0.2, 0.25) is 0 Å². The minimum atomic E-state index is -0.0988. The van der Waals surface area contributed by atoms with Gasteiger partial charge in [-0.05, 0) is 49.5 Å². The lowest BCUT2D eigenvalue weighted by Gasteiger charge is -2.31. The zero-order valence-electron chi connectivity index (χ0n) is 13.6. The molecule has 122 valence electrons. The Hall–Kier alpha value is -1.75. The van der Waals surface area contributed by atoms with Crippen LogP contribution in [0.2, 0.25) is 0 Å². The van der Waals surface area contributed by atoms with Gasteiger partial charge in [0.05, 0.1) is 21.3 Å². The summed E-state index contributed by atoms with van der Waals surface area (Å²) < 4.78 is 15.3. The summed E-state index contributed by atoms with van der Waals surface area (Å²) in [7, 11) is 4.75. The van der Waals surface area contributed by atoms with Crippen LogP contribution in [0.1, 0.15) is 24.8 Å². The summed E-state index contributed by atoms with van der Waals surface area (Å²) in [6, 6.07) is 6.04. The molecule has 1 aromatic carbocycles. The molecule has 0 N–H and O–H groups in total. The van der Waals surface area contributed by atoms with Gasteiger partial charge in [0.15, 0.2) is 11.5 Å². The number of carbonyl (C=O) groups excluding carboxylic acids is 1. The molecule has 0 aliphatic carbocycles. The number of esters is 1. The highest BCUT2D eigenvalue weighted by Crippen LogP contribution is 2.29. The molecule has 2 rings (SSSR count). The molecule has 1 aliphatic heterocycles. The molecule has 0 saturated carbocycles. The third kappa shape index (κ3) is 4.37. The van der Waals surface area contributed by atoms with E-state index in [-0.39, 0.29) is 5.97 Å². The van der Waals surface area contributed by atoms with Gasteiger partial charge in [-0.2, -0.15) is 0 Å². The quantitative estimate of drug-likeness (QED) is 0.756. The molecule has 1 aliphatic rings. The molecule has 0 unspecified atom stereocenters. The molecule has 0 spiro atoms. The van der Waals surface area contributed by atoms with Crippen LogP contribution < -0.4 is 9.47 Å². The number of benzene rings is 1. The van der Waals surface area contributed by atoms with Crippen molar-refractivity contribution in [3.63, 3.8) is 0 Å². The second-order valence-corrected chi connectivity index (χ2v) is 5.69. The maximum atomic E-state index is 11.3. The zero-order valence-corrected chi connectivity index (χ0v) is 13.6. The summed E-state index contributed by atoms with van der Waals surface area (Å²) in [6.45, 7) is 2.91. The number of nitrogens with zero attached hydrogens (tertiary/aromatic N) is 1. The van der Waals surface area contributed by atoms with Crippen LogP contribution in [0, 0.1) is 5.92 Å². The van der Waals surface area contributed by atoms with E-state index in [0.29, 0.717) is 12.3 Å². The zero-order chi connectivity index (χ0) is 15.9. The van der Waals surface area contributed by atoms with Crippen LogP contribution in [0.5, 0.6) is 11.5 Å².